The highest BCUT2D eigenvalue weighted by atomic mass is 79.9. The van der Waals surface area contributed by atoms with Crippen molar-refractivity contribution in [3.63, 3.8) is 0 Å². The second kappa shape index (κ2) is 7.19. The Morgan fingerprint density at radius 1 is 1.19 bits per heavy atom. The van der Waals surface area contributed by atoms with Gasteiger partial charge >= 0.3 is 0 Å². The number of oxime groups is 1. The van der Waals surface area contributed by atoms with E-state index < -0.39 is 5.82 Å². The molecule has 0 saturated carbocycles. The molecule has 0 heterocycles. The Hall–Kier alpha value is -1.92. The zero-order valence-electron chi connectivity index (χ0n) is 11.1. The maximum Gasteiger partial charge on any atom is 0.170 e. The fourth-order valence-corrected chi connectivity index (χ4v) is 2.25. The van der Waals surface area contributed by atoms with E-state index in [0.717, 1.165) is 10.0 Å². The summed E-state index contributed by atoms with van der Waals surface area (Å²) in [6.45, 7) is 0.627. The largest absolute Gasteiger partial charge is 0.409 e. The van der Waals surface area contributed by atoms with Gasteiger partial charge in [-0.1, -0.05) is 45.4 Å². The summed E-state index contributed by atoms with van der Waals surface area (Å²) in [6.07, 6.45) is 0. The van der Waals surface area contributed by atoms with E-state index in [4.69, 9.17) is 15.7 Å². The van der Waals surface area contributed by atoms with Crippen molar-refractivity contribution in [2.45, 2.75) is 13.2 Å². The van der Waals surface area contributed by atoms with Crippen molar-refractivity contribution in [1.29, 1.82) is 0 Å². The molecule has 0 aliphatic rings. The number of hydrogen-bond donors (Lipinski definition) is 2. The Balaban J connectivity index is 2.08. The van der Waals surface area contributed by atoms with Crippen LogP contribution in [0.15, 0.2) is 52.1 Å². The molecule has 3 N–H and O–H groups in total. The lowest BCUT2D eigenvalue weighted by atomic mass is 10.1. The number of ether oxygens (including phenoxy) is 1. The summed E-state index contributed by atoms with van der Waals surface area (Å²) in [5.41, 5.74) is 7.52. The van der Waals surface area contributed by atoms with Gasteiger partial charge in [-0.3, -0.25) is 0 Å². The molecule has 0 amide bonds. The minimum absolute atomic E-state index is 0.144. The van der Waals surface area contributed by atoms with Gasteiger partial charge in [0.2, 0.25) is 0 Å². The summed E-state index contributed by atoms with van der Waals surface area (Å²) in [5, 5.41) is 11.6. The first-order chi connectivity index (χ1) is 10.1. The summed E-state index contributed by atoms with van der Waals surface area (Å²) in [5.74, 6) is -0.597. The van der Waals surface area contributed by atoms with E-state index >= 15 is 0 Å². The van der Waals surface area contributed by atoms with Gasteiger partial charge in [0.05, 0.1) is 13.2 Å². The normalized spacial score (nSPS) is 11.6. The molecule has 0 fully saturated rings. The highest BCUT2D eigenvalue weighted by molar-refractivity contribution is 9.10. The van der Waals surface area contributed by atoms with Gasteiger partial charge in [-0.25, -0.2) is 4.39 Å². The lowest BCUT2D eigenvalue weighted by Crippen LogP contribution is -2.16. The van der Waals surface area contributed by atoms with Crippen LogP contribution in [-0.4, -0.2) is 11.0 Å². The van der Waals surface area contributed by atoms with E-state index in [-0.39, 0.29) is 12.4 Å². The van der Waals surface area contributed by atoms with Gasteiger partial charge in [0, 0.05) is 10.0 Å². The standard InChI is InChI=1S/C15H14BrFN2O2/c16-14-4-2-1-3-11(14)9-21-8-10-5-6-12(17)7-13(10)15(18)19-20/h1-7,20H,8-9H2,(H2,18,19). The summed E-state index contributed by atoms with van der Waals surface area (Å²) in [7, 11) is 0. The van der Waals surface area contributed by atoms with E-state index in [0.29, 0.717) is 17.7 Å². The molecule has 0 unspecified atom stereocenters. The SMILES string of the molecule is N/C(=N/O)c1cc(F)ccc1COCc1ccccc1Br. The van der Waals surface area contributed by atoms with Gasteiger partial charge in [-0.15, -0.1) is 0 Å². The number of nitrogens with zero attached hydrogens (tertiary/aromatic N) is 1. The summed E-state index contributed by atoms with van der Waals surface area (Å²) in [4.78, 5) is 0. The highest BCUT2D eigenvalue weighted by Crippen LogP contribution is 2.18. The number of hydrogen-bond acceptors (Lipinski definition) is 3. The molecule has 0 atom stereocenters. The second-order valence-corrected chi connectivity index (χ2v) is 5.23. The number of halogens is 2. The minimum atomic E-state index is -0.453. The van der Waals surface area contributed by atoms with Crippen LogP contribution >= 0.6 is 15.9 Å². The quantitative estimate of drug-likeness (QED) is 0.375. The van der Waals surface area contributed by atoms with Crippen LogP contribution in [0.4, 0.5) is 4.39 Å². The van der Waals surface area contributed by atoms with Crippen molar-refractivity contribution >= 4 is 21.8 Å². The van der Waals surface area contributed by atoms with Crippen molar-refractivity contribution in [2.24, 2.45) is 10.9 Å². The fraction of sp³-hybridized carbons (Fsp3) is 0.133. The zero-order chi connectivity index (χ0) is 15.2. The third-order valence-corrected chi connectivity index (χ3v) is 3.70. The van der Waals surface area contributed by atoms with Crippen molar-refractivity contribution in [3.8, 4) is 0 Å². The zero-order valence-corrected chi connectivity index (χ0v) is 12.7. The predicted molar refractivity (Wildman–Crippen MR) is 81.5 cm³/mol. The van der Waals surface area contributed by atoms with Crippen LogP contribution in [0, 0.1) is 5.82 Å². The molecule has 0 saturated heterocycles. The first-order valence-corrected chi connectivity index (χ1v) is 6.98. The number of benzene rings is 2. The molecular formula is C15H14BrFN2O2. The molecule has 110 valence electrons. The van der Waals surface area contributed by atoms with Gasteiger partial charge in [-0.2, -0.15) is 0 Å². The molecule has 0 aromatic heterocycles. The van der Waals surface area contributed by atoms with E-state index in [1.165, 1.54) is 12.1 Å². The average molecular weight is 353 g/mol. The molecule has 0 radical (unpaired) electrons. The van der Waals surface area contributed by atoms with Crippen LogP contribution in [0.1, 0.15) is 16.7 Å². The van der Waals surface area contributed by atoms with E-state index in [2.05, 4.69) is 21.1 Å². The summed E-state index contributed by atoms with van der Waals surface area (Å²) in [6, 6.07) is 11.8. The molecule has 0 bridgehead atoms. The van der Waals surface area contributed by atoms with E-state index in [1.54, 1.807) is 6.07 Å². The van der Waals surface area contributed by atoms with Gasteiger partial charge in [0.15, 0.2) is 5.84 Å². The summed E-state index contributed by atoms with van der Waals surface area (Å²) < 4.78 is 19.8. The first kappa shape index (κ1) is 15.5. The third kappa shape index (κ3) is 4.03. The molecule has 2 aromatic rings. The maximum atomic E-state index is 13.2. The molecule has 0 aliphatic carbocycles. The van der Waals surface area contributed by atoms with Crippen LogP contribution < -0.4 is 5.73 Å². The van der Waals surface area contributed by atoms with Crippen LogP contribution in [0.25, 0.3) is 0 Å². The number of amidine groups is 1. The predicted octanol–water partition coefficient (Wildman–Crippen LogP) is 3.40. The van der Waals surface area contributed by atoms with Gasteiger partial charge in [0.1, 0.15) is 5.82 Å². The van der Waals surface area contributed by atoms with Crippen LogP contribution in [0.3, 0.4) is 0 Å². The van der Waals surface area contributed by atoms with Crippen molar-refractivity contribution < 1.29 is 14.3 Å². The molecule has 4 nitrogen and oxygen atoms in total. The fourth-order valence-electron chi connectivity index (χ4n) is 1.85. The number of nitrogens with two attached hydrogens (primary N) is 1. The van der Waals surface area contributed by atoms with E-state index in [1.807, 2.05) is 24.3 Å². The molecule has 6 heteroatoms. The van der Waals surface area contributed by atoms with Gasteiger partial charge in [-0.05, 0) is 29.3 Å². The van der Waals surface area contributed by atoms with Crippen molar-refractivity contribution in [2.75, 3.05) is 0 Å². The Labute approximate surface area is 130 Å². The third-order valence-electron chi connectivity index (χ3n) is 2.93. The Kier molecular flexibility index (Phi) is 5.30. The number of rotatable bonds is 5. The minimum Gasteiger partial charge on any atom is -0.409 e. The lowest BCUT2D eigenvalue weighted by Gasteiger charge is -2.10. The Morgan fingerprint density at radius 3 is 2.62 bits per heavy atom. The topological polar surface area (TPSA) is 67.8 Å². The second-order valence-electron chi connectivity index (χ2n) is 4.37. The first-order valence-electron chi connectivity index (χ1n) is 6.19. The molecule has 2 aromatic carbocycles. The Bertz CT molecular complexity index is 662. The average Bonchev–Trinajstić information content (AvgIpc) is 2.49. The monoisotopic (exact) mass is 352 g/mol. The van der Waals surface area contributed by atoms with E-state index in [9.17, 15) is 4.39 Å². The molecule has 2 rings (SSSR count). The highest BCUT2D eigenvalue weighted by Gasteiger charge is 2.09. The van der Waals surface area contributed by atoms with Crippen LogP contribution in [-0.2, 0) is 18.0 Å². The smallest absolute Gasteiger partial charge is 0.170 e. The van der Waals surface area contributed by atoms with Crippen LogP contribution in [0.5, 0.6) is 0 Å². The van der Waals surface area contributed by atoms with Crippen molar-refractivity contribution in [1.82, 2.24) is 0 Å². The molecule has 21 heavy (non-hydrogen) atoms. The van der Waals surface area contributed by atoms with Crippen LogP contribution in [0.2, 0.25) is 0 Å². The van der Waals surface area contributed by atoms with Crippen molar-refractivity contribution in [3.05, 3.63) is 69.4 Å². The maximum absolute atomic E-state index is 13.2. The Morgan fingerprint density at radius 2 is 1.90 bits per heavy atom. The van der Waals surface area contributed by atoms with Gasteiger partial charge in [0.25, 0.3) is 0 Å². The molecule has 0 aliphatic heterocycles. The lowest BCUT2D eigenvalue weighted by molar-refractivity contribution is 0.106. The molecule has 0 spiro atoms. The van der Waals surface area contributed by atoms with Gasteiger partial charge < -0.3 is 15.7 Å². The summed E-state index contributed by atoms with van der Waals surface area (Å²) >= 11 is 3.44. The molecular weight excluding hydrogens is 339 g/mol.